The van der Waals surface area contributed by atoms with E-state index in [2.05, 4.69) is 5.10 Å². The Morgan fingerprint density at radius 2 is 1.73 bits per heavy atom. The van der Waals surface area contributed by atoms with E-state index >= 15 is 0 Å². The van der Waals surface area contributed by atoms with Gasteiger partial charge in [0.15, 0.2) is 12.9 Å². The van der Waals surface area contributed by atoms with Crippen molar-refractivity contribution < 1.29 is 14.3 Å². The Morgan fingerprint density at radius 3 is 2.47 bits per heavy atom. The van der Waals surface area contributed by atoms with Gasteiger partial charge in [-0.1, -0.05) is 66.2 Å². The largest absolute Gasteiger partial charge is 0.483 e. The lowest BCUT2D eigenvalue weighted by Gasteiger charge is -2.22. The van der Waals surface area contributed by atoms with Crippen LogP contribution in [0, 0.1) is 0 Å². The summed E-state index contributed by atoms with van der Waals surface area (Å²) in [4.78, 5) is 24.2. The second kappa shape index (κ2) is 8.93. The average molecular weight is 419 g/mol. The zero-order chi connectivity index (χ0) is 20.9. The standard InChI is InChI=1S/C24H19ClN2O3/c25-20-12-10-18(11-13-20)22-14-21(17-6-2-1-3-7-17)26-27(22)24(29)16-30-23-9-5-4-8-19(23)15-28/h1-13,15,22H,14,16H2. The average Bonchev–Trinajstić information content (AvgIpc) is 3.24. The van der Waals surface area contributed by atoms with Crippen LogP contribution in [0.1, 0.15) is 33.9 Å². The number of para-hydroxylation sites is 1. The Kier molecular flexibility index (Phi) is 5.91. The Balaban J connectivity index is 1.58. The van der Waals surface area contributed by atoms with E-state index in [9.17, 15) is 9.59 Å². The minimum absolute atomic E-state index is 0.222. The lowest BCUT2D eigenvalue weighted by molar-refractivity contribution is -0.135. The maximum atomic E-state index is 13.0. The fraction of sp³-hybridized carbons (Fsp3) is 0.125. The maximum Gasteiger partial charge on any atom is 0.281 e. The van der Waals surface area contributed by atoms with Gasteiger partial charge in [-0.25, -0.2) is 5.01 Å². The molecule has 0 N–H and O–H groups in total. The van der Waals surface area contributed by atoms with E-state index in [1.54, 1.807) is 36.4 Å². The highest BCUT2D eigenvalue weighted by Crippen LogP contribution is 2.33. The van der Waals surface area contributed by atoms with Crippen molar-refractivity contribution in [3.05, 3.63) is 101 Å². The van der Waals surface area contributed by atoms with Gasteiger partial charge in [-0.05, 0) is 35.4 Å². The number of amides is 1. The lowest BCUT2D eigenvalue weighted by Crippen LogP contribution is -2.31. The second-order valence-corrected chi connectivity index (χ2v) is 7.30. The van der Waals surface area contributed by atoms with E-state index in [1.165, 1.54) is 5.01 Å². The second-order valence-electron chi connectivity index (χ2n) is 6.87. The molecule has 0 saturated carbocycles. The van der Waals surface area contributed by atoms with Crippen molar-refractivity contribution in [3.8, 4) is 5.75 Å². The first kappa shape index (κ1) is 19.9. The van der Waals surface area contributed by atoms with Crippen LogP contribution >= 0.6 is 11.6 Å². The molecule has 5 nitrogen and oxygen atoms in total. The van der Waals surface area contributed by atoms with Gasteiger partial charge < -0.3 is 4.74 Å². The molecule has 1 atom stereocenters. The Morgan fingerprint density at radius 1 is 1.03 bits per heavy atom. The third-order valence-corrected chi connectivity index (χ3v) is 5.18. The first-order valence-corrected chi connectivity index (χ1v) is 9.91. The van der Waals surface area contributed by atoms with Crippen LogP contribution in [0.5, 0.6) is 5.75 Å². The molecule has 30 heavy (non-hydrogen) atoms. The summed E-state index contributed by atoms with van der Waals surface area (Å²) in [5.41, 5.74) is 3.14. The summed E-state index contributed by atoms with van der Waals surface area (Å²) in [5, 5.41) is 6.71. The van der Waals surface area contributed by atoms with Gasteiger partial charge in [-0.2, -0.15) is 5.10 Å². The monoisotopic (exact) mass is 418 g/mol. The highest BCUT2D eigenvalue weighted by molar-refractivity contribution is 6.30. The molecule has 0 bridgehead atoms. The molecule has 0 aromatic heterocycles. The van der Waals surface area contributed by atoms with Crippen LogP contribution in [0.2, 0.25) is 5.02 Å². The molecule has 0 radical (unpaired) electrons. The number of aldehydes is 1. The van der Waals surface area contributed by atoms with Crippen LogP contribution < -0.4 is 4.74 Å². The third-order valence-electron chi connectivity index (χ3n) is 4.92. The van der Waals surface area contributed by atoms with Crippen molar-refractivity contribution in [2.24, 2.45) is 5.10 Å². The van der Waals surface area contributed by atoms with E-state index in [1.807, 2.05) is 42.5 Å². The number of carbonyl (C=O) groups is 2. The topological polar surface area (TPSA) is 59.0 Å². The van der Waals surface area contributed by atoms with E-state index in [0.717, 1.165) is 16.8 Å². The number of carbonyl (C=O) groups excluding carboxylic acids is 2. The first-order valence-electron chi connectivity index (χ1n) is 9.53. The van der Waals surface area contributed by atoms with Crippen molar-refractivity contribution in [1.29, 1.82) is 0 Å². The van der Waals surface area contributed by atoms with Crippen LogP contribution in [-0.4, -0.2) is 29.5 Å². The molecule has 1 amide bonds. The highest BCUT2D eigenvalue weighted by atomic mass is 35.5. The molecule has 0 aliphatic carbocycles. The van der Waals surface area contributed by atoms with Gasteiger partial charge in [0.25, 0.3) is 5.91 Å². The summed E-state index contributed by atoms with van der Waals surface area (Å²) >= 11 is 6.03. The lowest BCUT2D eigenvalue weighted by atomic mass is 9.98. The minimum atomic E-state index is -0.290. The number of halogens is 1. The molecule has 0 fully saturated rings. The number of rotatable bonds is 6. The number of hydrazone groups is 1. The summed E-state index contributed by atoms with van der Waals surface area (Å²) in [6.07, 6.45) is 1.29. The molecule has 6 heteroatoms. The quantitative estimate of drug-likeness (QED) is 0.534. The van der Waals surface area contributed by atoms with Crippen molar-refractivity contribution >= 4 is 29.5 Å². The Labute approximate surface area is 179 Å². The van der Waals surface area contributed by atoms with Crippen LogP contribution in [0.15, 0.2) is 84.0 Å². The van der Waals surface area contributed by atoms with E-state index in [4.69, 9.17) is 16.3 Å². The van der Waals surface area contributed by atoms with Gasteiger partial charge in [-0.15, -0.1) is 0 Å². The van der Waals surface area contributed by atoms with E-state index in [-0.39, 0.29) is 18.6 Å². The van der Waals surface area contributed by atoms with Crippen LogP contribution in [0.25, 0.3) is 0 Å². The Hall–Kier alpha value is -3.44. The maximum absolute atomic E-state index is 13.0. The fourth-order valence-electron chi connectivity index (χ4n) is 3.40. The summed E-state index contributed by atoms with van der Waals surface area (Å²) in [7, 11) is 0. The minimum Gasteiger partial charge on any atom is -0.483 e. The van der Waals surface area contributed by atoms with Crippen molar-refractivity contribution in [2.75, 3.05) is 6.61 Å². The van der Waals surface area contributed by atoms with Crippen LogP contribution in [0.3, 0.4) is 0 Å². The fourth-order valence-corrected chi connectivity index (χ4v) is 3.53. The zero-order valence-corrected chi connectivity index (χ0v) is 16.8. The molecule has 4 rings (SSSR count). The predicted octanol–water partition coefficient (Wildman–Crippen LogP) is 4.91. The predicted molar refractivity (Wildman–Crippen MR) is 116 cm³/mol. The number of hydrogen-bond donors (Lipinski definition) is 0. The van der Waals surface area contributed by atoms with Crippen LogP contribution in [0.4, 0.5) is 0 Å². The van der Waals surface area contributed by atoms with Gasteiger partial charge in [0, 0.05) is 11.4 Å². The molecule has 150 valence electrons. The molecule has 1 aliphatic rings. The van der Waals surface area contributed by atoms with Gasteiger partial charge in [0.05, 0.1) is 17.3 Å². The molecule has 1 aliphatic heterocycles. The third kappa shape index (κ3) is 4.26. The SMILES string of the molecule is O=Cc1ccccc1OCC(=O)N1N=C(c2ccccc2)CC1c1ccc(Cl)cc1. The van der Waals surface area contributed by atoms with Crippen LogP contribution in [-0.2, 0) is 4.79 Å². The van der Waals surface area contributed by atoms with Crippen molar-refractivity contribution in [3.63, 3.8) is 0 Å². The van der Waals surface area contributed by atoms with E-state index in [0.29, 0.717) is 29.0 Å². The summed E-state index contributed by atoms with van der Waals surface area (Å²) in [6, 6.07) is 23.7. The van der Waals surface area contributed by atoms with Crippen molar-refractivity contribution in [2.45, 2.75) is 12.5 Å². The summed E-state index contributed by atoms with van der Waals surface area (Å²) in [6.45, 7) is -0.222. The summed E-state index contributed by atoms with van der Waals surface area (Å²) in [5.74, 6) is 0.0805. The van der Waals surface area contributed by atoms with E-state index < -0.39 is 0 Å². The van der Waals surface area contributed by atoms with Gasteiger partial charge in [0.2, 0.25) is 0 Å². The molecule has 1 unspecified atom stereocenters. The van der Waals surface area contributed by atoms with Crippen molar-refractivity contribution in [1.82, 2.24) is 5.01 Å². The van der Waals surface area contributed by atoms with Gasteiger partial charge in [-0.3, -0.25) is 9.59 Å². The molecule has 0 saturated heterocycles. The molecule has 3 aromatic rings. The molecular weight excluding hydrogens is 400 g/mol. The molecule has 1 heterocycles. The number of ether oxygens (including phenoxy) is 1. The van der Waals surface area contributed by atoms with Gasteiger partial charge in [0.1, 0.15) is 5.75 Å². The summed E-state index contributed by atoms with van der Waals surface area (Å²) < 4.78 is 5.63. The molecule has 3 aromatic carbocycles. The molecular formula is C24H19ClN2O3. The number of nitrogens with zero attached hydrogens (tertiary/aromatic N) is 2. The zero-order valence-electron chi connectivity index (χ0n) is 16.1. The first-order chi connectivity index (χ1) is 14.7. The number of hydrogen-bond acceptors (Lipinski definition) is 4. The number of benzene rings is 3. The van der Waals surface area contributed by atoms with Gasteiger partial charge >= 0.3 is 0 Å². The highest BCUT2D eigenvalue weighted by Gasteiger charge is 2.33. The molecule has 0 spiro atoms. The normalized spacial score (nSPS) is 15.6. The Bertz CT molecular complexity index is 1080. The smallest absolute Gasteiger partial charge is 0.281 e.